The van der Waals surface area contributed by atoms with Gasteiger partial charge >= 0.3 is 0 Å². The minimum absolute atomic E-state index is 0.0765. The molecule has 1 aliphatic carbocycles. The van der Waals surface area contributed by atoms with E-state index >= 15 is 0 Å². The van der Waals surface area contributed by atoms with Crippen molar-refractivity contribution in [2.24, 2.45) is 5.92 Å². The van der Waals surface area contributed by atoms with E-state index in [0.29, 0.717) is 12.2 Å². The summed E-state index contributed by atoms with van der Waals surface area (Å²) in [6, 6.07) is 0. The van der Waals surface area contributed by atoms with Crippen LogP contribution in [0, 0.1) is 12.8 Å². The van der Waals surface area contributed by atoms with E-state index in [1.54, 1.807) is 6.08 Å². The van der Waals surface area contributed by atoms with Gasteiger partial charge in [-0.05, 0) is 24.5 Å². The zero-order valence-electron chi connectivity index (χ0n) is 8.84. The van der Waals surface area contributed by atoms with Gasteiger partial charge in [-0.15, -0.1) is 0 Å². The van der Waals surface area contributed by atoms with Crippen LogP contribution in [-0.2, 0) is 0 Å². The van der Waals surface area contributed by atoms with Crippen molar-refractivity contribution in [3.05, 3.63) is 29.2 Å². The molecule has 0 bridgehead atoms. The minimum Gasteiger partial charge on any atom is -0.384 e. The van der Waals surface area contributed by atoms with Gasteiger partial charge in [-0.25, -0.2) is 4.39 Å². The Bertz CT molecular complexity index is 443. The normalized spacial score (nSPS) is 21.1. The molecule has 0 saturated heterocycles. The van der Waals surface area contributed by atoms with Gasteiger partial charge in [-0.1, -0.05) is 13.0 Å². The van der Waals surface area contributed by atoms with Crippen molar-refractivity contribution in [3.8, 4) is 0 Å². The van der Waals surface area contributed by atoms with Crippen LogP contribution in [0.3, 0.4) is 0 Å². The SMILES string of the molecule is Cc1c(C2=CC=C(F)CC2C)n[nH]c1N. The van der Waals surface area contributed by atoms with E-state index in [1.165, 1.54) is 6.08 Å². The number of anilines is 1. The van der Waals surface area contributed by atoms with Gasteiger partial charge in [0.2, 0.25) is 0 Å². The van der Waals surface area contributed by atoms with Crippen LogP contribution in [0.25, 0.3) is 5.57 Å². The van der Waals surface area contributed by atoms with Gasteiger partial charge in [0.15, 0.2) is 0 Å². The van der Waals surface area contributed by atoms with E-state index in [0.717, 1.165) is 16.8 Å². The quantitative estimate of drug-likeness (QED) is 0.743. The second kappa shape index (κ2) is 3.53. The Hall–Kier alpha value is -1.58. The molecule has 0 aliphatic heterocycles. The Kier molecular flexibility index (Phi) is 2.34. The van der Waals surface area contributed by atoms with Gasteiger partial charge in [0.1, 0.15) is 11.6 Å². The number of halogens is 1. The van der Waals surface area contributed by atoms with Gasteiger partial charge in [0.05, 0.1) is 5.69 Å². The third-order valence-corrected chi connectivity index (χ3v) is 2.80. The summed E-state index contributed by atoms with van der Waals surface area (Å²) in [4.78, 5) is 0. The molecule has 0 amide bonds. The smallest absolute Gasteiger partial charge is 0.122 e. The van der Waals surface area contributed by atoms with Crippen LogP contribution >= 0.6 is 0 Å². The first-order valence-electron chi connectivity index (χ1n) is 4.96. The lowest BCUT2D eigenvalue weighted by molar-refractivity contribution is 0.542. The highest BCUT2D eigenvalue weighted by molar-refractivity contribution is 5.72. The molecule has 15 heavy (non-hydrogen) atoms. The molecule has 1 aromatic heterocycles. The second-order valence-electron chi connectivity index (χ2n) is 3.95. The maximum Gasteiger partial charge on any atom is 0.122 e. The first-order valence-corrected chi connectivity index (χ1v) is 4.96. The van der Waals surface area contributed by atoms with Crippen molar-refractivity contribution in [2.45, 2.75) is 20.3 Å². The zero-order valence-corrected chi connectivity index (χ0v) is 8.84. The number of hydrogen-bond donors (Lipinski definition) is 2. The van der Waals surface area contributed by atoms with Crippen molar-refractivity contribution in [1.82, 2.24) is 10.2 Å². The van der Waals surface area contributed by atoms with Gasteiger partial charge in [0.25, 0.3) is 0 Å². The number of aromatic amines is 1. The Balaban J connectivity index is 2.43. The van der Waals surface area contributed by atoms with Crippen LogP contribution in [0.2, 0.25) is 0 Å². The summed E-state index contributed by atoms with van der Waals surface area (Å²) < 4.78 is 13.0. The highest BCUT2D eigenvalue weighted by Crippen LogP contribution is 2.33. The summed E-state index contributed by atoms with van der Waals surface area (Å²) in [7, 11) is 0. The number of nitrogen functional groups attached to an aromatic ring is 1. The Labute approximate surface area is 87.9 Å². The van der Waals surface area contributed by atoms with Crippen molar-refractivity contribution >= 4 is 11.4 Å². The number of rotatable bonds is 1. The average Bonchev–Trinajstić information content (AvgIpc) is 2.49. The topological polar surface area (TPSA) is 54.7 Å². The second-order valence-corrected chi connectivity index (χ2v) is 3.95. The Morgan fingerprint density at radius 1 is 1.53 bits per heavy atom. The fraction of sp³-hybridized carbons (Fsp3) is 0.364. The number of hydrogen-bond acceptors (Lipinski definition) is 2. The number of H-pyrrole nitrogens is 1. The lowest BCUT2D eigenvalue weighted by atomic mass is 9.89. The third-order valence-electron chi connectivity index (χ3n) is 2.80. The molecule has 0 spiro atoms. The summed E-state index contributed by atoms with van der Waals surface area (Å²) in [5.41, 5.74) is 8.51. The highest BCUT2D eigenvalue weighted by atomic mass is 19.1. The fourth-order valence-electron chi connectivity index (χ4n) is 1.82. The molecular formula is C11H14FN3. The Morgan fingerprint density at radius 3 is 2.80 bits per heavy atom. The number of nitrogens with two attached hydrogens (primary N) is 1. The first-order chi connectivity index (χ1) is 7.09. The molecule has 80 valence electrons. The molecule has 1 unspecified atom stereocenters. The molecule has 2 rings (SSSR count). The lowest BCUT2D eigenvalue weighted by Gasteiger charge is -2.17. The van der Waals surface area contributed by atoms with Crippen molar-refractivity contribution < 1.29 is 4.39 Å². The van der Waals surface area contributed by atoms with E-state index in [-0.39, 0.29) is 11.7 Å². The summed E-state index contributed by atoms with van der Waals surface area (Å²) in [5, 5.41) is 6.88. The number of nitrogens with one attached hydrogen (secondary N) is 1. The van der Waals surface area contributed by atoms with Crippen molar-refractivity contribution in [3.63, 3.8) is 0 Å². The fourth-order valence-corrected chi connectivity index (χ4v) is 1.82. The molecule has 1 aromatic rings. The minimum atomic E-state index is -0.0765. The summed E-state index contributed by atoms with van der Waals surface area (Å²) >= 11 is 0. The lowest BCUT2D eigenvalue weighted by Crippen LogP contribution is -2.04. The standard InChI is InChI=1S/C11H14FN3/c1-6-5-8(12)3-4-9(6)10-7(2)11(13)15-14-10/h3-4,6H,5H2,1-2H3,(H3,13,14,15). The number of aromatic nitrogens is 2. The van der Waals surface area contributed by atoms with Crippen LogP contribution in [0.5, 0.6) is 0 Å². The largest absolute Gasteiger partial charge is 0.384 e. The van der Waals surface area contributed by atoms with Crippen LogP contribution in [0.1, 0.15) is 24.6 Å². The van der Waals surface area contributed by atoms with E-state index < -0.39 is 0 Å². The zero-order chi connectivity index (χ0) is 11.0. The maximum absolute atomic E-state index is 13.0. The monoisotopic (exact) mass is 207 g/mol. The molecule has 4 heteroatoms. The molecule has 0 radical (unpaired) electrons. The third kappa shape index (κ3) is 1.67. The molecule has 0 fully saturated rings. The number of nitrogens with zero attached hydrogens (tertiary/aromatic N) is 1. The molecular weight excluding hydrogens is 193 g/mol. The molecule has 1 atom stereocenters. The van der Waals surface area contributed by atoms with E-state index in [4.69, 9.17) is 5.73 Å². The molecule has 0 saturated carbocycles. The van der Waals surface area contributed by atoms with Gasteiger partial charge in [0, 0.05) is 12.0 Å². The summed E-state index contributed by atoms with van der Waals surface area (Å²) in [6.45, 7) is 3.90. The van der Waals surface area contributed by atoms with Crippen LogP contribution in [-0.4, -0.2) is 10.2 Å². The highest BCUT2D eigenvalue weighted by Gasteiger charge is 2.20. The van der Waals surface area contributed by atoms with Gasteiger partial charge in [-0.3, -0.25) is 5.10 Å². The molecule has 3 N–H and O–H groups in total. The number of allylic oxidation sites excluding steroid dienone is 4. The molecule has 1 aliphatic rings. The first kappa shape index (κ1) is 9.96. The van der Waals surface area contributed by atoms with E-state index in [9.17, 15) is 4.39 Å². The predicted octanol–water partition coefficient (Wildman–Crippen LogP) is 2.58. The van der Waals surface area contributed by atoms with Crippen LogP contribution in [0.15, 0.2) is 18.0 Å². The summed E-state index contributed by atoms with van der Waals surface area (Å²) in [6.07, 6.45) is 3.73. The van der Waals surface area contributed by atoms with Crippen LogP contribution < -0.4 is 5.73 Å². The van der Waals surface area contributed by atoms with E-state index in [1.807, 2.05) is 13.8 Å². The van der Waals surface area contributed by atoms with E-state index in [2.05, 4.69) is 10.2 Å². The van der Waals surface area contributed by atoms with Crippen molar-refractivity contribution in [2.75, 3.05) is 5.73 Å². The molecule has 0 aromatic carbocycles. The van der Waals surface area contributed by atoms with Gasteiger partial charge in [-0.2, -0.15) is 5.10 Å². The van der Waals surface area contributed by atoms with Crippen LogP contribution in [0.4, 0.5) is 10.2 Å². The molecule has 3 nitrogen and oxygen atoms in total. The van der Waals surface area contributed by atoms with Gasteiger partial charge < -0.3 is 5.73 Å². The average molecular weight is 207 g/mol. The predicted molar refractivity (Wildman–Crippen MR) is 58.7 cm³/mol. The molecule has 1 heterocycles. The maximum atomic E-state index is 13.0. The van der Waals surface area contributed by atoms with Crippen molar-refractivity contribution in [1.29, 1.82) is 0 Å². The Morgan fingerprint density at radius 2 is 2.27 bits per heavy atom. The summed E-state index contributed by atoms with van der Waals surface area (Å²) in [5.74, 6) is 0.650.